The van der Waals surface area contributed by atoms with E-state index in [1.807, 2.05) is 20.8 Å². The Labute approximate surface area is 106 Å². The van der Waals surface area contributed by atoms with Gasteiger partial charge in [0.2, 0.25) is 0 Å². The minimum absolute atomic E-state index is 0.266. The zero-order chi connectivity index (χ0) is 12.9. The van der Waals surface area contributed by atoms with E-state index < -0.39 is 5.60 Å². The molecule has 0 aromatic heterocycles. The van der Waals surface area contributed by atoms with Crippen molar-refractivity contribution in [1.82, 2.24) is 5.32 Å². The Morgan fingerprint density at radius 2 is 1.76 bits per heavy atom. The second-order valence-corrected chi connectivity index (χ2v) is 6.35. The molecule has 0 radical (unpaired) electrons. The number of aliphatic hydroxyl groups is 1. The molecule has 1 atom stereocenters. The molecule has 1 saturated carbocycles. The maximum absolute atomic E-state index is 10.4. The van der Waals surface area contributed by atoms with Gasteiger partial charge in [-0.05, 0) is 33.6 Å². The van der Waals surface area contributed by atoms with E-state index in [1.165, 1.54) is 32.1 Å². The van der Waals surface area contributed by atoms with Gasteiger partial charge in [0.05, 0.1) is 11.2 Å². The van der Waals surface area contributed by atoms with Crippen molar-refractivity contribution in [2.45, 2.75) is 76.5 Å². The third-order valence-corrected chi connectivity index (χ3v) is 3.74. The molecule has 2 N–H and O–H groups in total. The van der Waals surface area contributed by atoms with E-state index >= 15 is 0 Å². The van der Waals surface area contributed by atoms with Crippen molar-refractivity contribution in [3.05, 3.63) is 0 Å². The van der Waals surface area contributed by atoms with Gasteiger partial charge in [0.25, 0.3) is 0 Å². The van der Waals surface area contributed by atoms with Crippen LogP contribution < -0.4 is 5.32 Å². The van der Waals surface area contributed by atoms with Crippen LogP contribution in [0.1, 0.15) is 59.3 Å². The van der Waals surface area contributed by atoms with Crippen molar-refractivity contribution in [2.75, 3.05) is 13.7 Å². The number of rotatable bonds is 6. The standard InChI is InChI=1S/C14H29NO2/c1-13(2,17-4)10-14(3,16)11-15-12-8-6-5-7-9-12/h12,15-16H,5-11H2,1-4H3. The van der Waals surface area contributed by atoms with Gasteiger partial charge in [0.15, 0.2) is 0 Å². The van der Waals surface area contributed by atoms with Gasteiger partial charge in [0, 0.05) is 26.1 Å². The average Bonchev–Trinajstić information content (AvgIpc) is 2.27. The molecule has 0 spiro atoms. The maximum Gasteiger partial charge on any atom is 0.0770 e. The van der Waals surface area contributed by atoms with Crippen LogP contribution in [0.4, 0.5) is 0 Å². The number of hydrogen-bond donors (Lipinski definition) is 2. The van der Waals surface area contributed by atoms with Gasteiger partial charge in [-0.2, -0.15) is 0 Å². The largest absolute Gasteiger partial charge is 0.389 e. The Kier molecular flexibility index (Phi) is 5.42. The molecule has 1 aliphatic rings. The molecule has 1 fully saturated rings. The molecular formula is C14H29NO2. The van der Waals surface area contributed by atoms with Crippen LogP contribution in [-0.2, 0) is 4.74 Å². The third-order valence-electron chi connectivity index (χ3n) is 3.74. The van der Waals surface area contributed by atoms with E-state index in [0.29, 0.717) is 19.0 Å². The molecule has 102 valence electrons. The molecule has 0 bridgehead atoms. The quantitative estimate of drug-likeness (QED) is 0.753. The van der Waals surface area contributed by atoms with Crippen molar-refractivity contribution >= 4 is 0 Å². The molecule has 1 aliphatic carbocycles. The normalized spacial score (nSPS) is 22.4. The number of methoxy groups -OCH3 is 1. The van der Waals surface area contributed by atoms with Gasteiger partial charge in [-0.15, -0.1) is 0 Å². The summed E-state index contributed by atoms with van der Waals surface area (Å²) in [7, 11) is 1.70. The van der Waals surface area contributed by atoms with Crippen molar-refractivity contribution in [3.63, 3.8) is 0 Å². The highest BCUT2D eigenvalue weighted by molar-refractivity contribution is 4.86. The fourth-order valence-corrected chi connectivity index (χ4v) is 2.72. The monoisotopic (exact) mass is 243 g/mol. The molecule has 1 unspecified atom stereocenters. The first-order valence-electron chi connectivity index (χ1n) is 6.86. The van der Waals surface area contributed by atoms with Crippen LogP contribution in [0.5, 0.6) is 0 Å². The van der Waals surface area contributed by atoms with Gasteiger partial charge in [0.1, 0.15) is 0 Å². The zero-order valence-electron chi connectivity index (χ0n) is 11.9. The molecule has 0 amide bonds. The first-order chi connectivity index (χ1) is 7.85. The van der Waals surface area contributed by atoms with E-state index in [9.17, 15) is 5.11 Å². The predicted molar refractivity (Wildman–Crippen MR) is 71.2 cm³/mol. The van der Waals surface area contributed by atoms with Gasteiger partial charge in [-0.25, -0.2) is 0 Å². The number of ether oxygens (including phenoxy) is 1. The highest BCUT2D eigenvalue weighted by Crippen LogP contribution is 2.23. The molecule has 0 aliphatic heterocycles. The fraction of sp³-hybridized carbons (Fsp3) is 1.00. The van der Waals surface area contributed by atoms with E-state index in [2.05, 4.69) is 5.32 Å². The lowest BCUT2D eigenvalue weighted by Gasteiger charge is -2.34. The summed E-state index contributed by atoms with van der Waals surface area (Å²) in [6, 6.07) is 0.598. The van der Waals surface area contributed by atoms with Gasteiger partial charge < -0.3 is 15.2 Å². The molecule has 0 heterocycles. The highest BCUT2D eigenvalue weighted by Gasteiger charge is 2.31. The molecule has 3 heteroatoms. The zero-order valence-corrected chi connectivity index (χ0v) is 11.9. The average molecular weight is 243 g/mol. The van der Waals surface area contributed by atoms with Crippen LogP contribution in [0.25, 0.3) is 0 Å². The summed E-state index contributed by atoms with van der Waals surface area (Å²) in [4.78, 5) is 0. The second-order valence-electron chi connectivity index (χ2n) is 6.35. The summed E-state index contributed by atoms with van der Waals surface area (Å²) in [5.41, 5.74) is -0.964. The smallest absolute Gasteiger partial charge is 0.0770 e. The van der Waals surface area contributed by atoms with E-state index in [4.69, 9.17) is 4.74 Å². The van der Waals surface area contributed by atoms with Crippen molar-refractivity contribution in [1.29, 1.82) is 0 Å². The van der Waals surface area contributed by atoms with Crippen molar-refractivity contribution in [3.8, 4) is 0 Å². The molecule has 1 rings (SSSR count). The Morgan fingerprint density at radius 1 is 1.18 bits per heavy atom. The predicted octanol–water partition coefficient (Wildman–Crippen LogP) is 2.47. The summed E-state index contributed by atoms with van der Waals surface area (Å²) in [6.07, 6.45) is 7.17. The summed E-state index contributed by atoms with van der Waals surface area (Å²) in [5.74, 6) is 0. The molecule has 0 aromatic carbocycles. The summed E-state index contributed by atoms with van der Waals surface area (Å²) < 4.78 is 5.38. The van der Waals surface area contributed by atoms with Gasteiger partial charge in [-0.3, -0.25) is 0 Å². The Bertz CT molecular complexity index is 220. The first kappa shape index (κ1) is 14.9. The van der Waals surface area contributed by atoms with E-state index in [1.54, 1.807) is 7.11 Å². The highest BCUT2D eigenvalue weighted by atomic mass is 16.5. The Hall–Kier alpha value is -0.120. The SMILES string of the molecule is COC(C)(C)CC(C)(O)CNC1CCCCC1. The fourth-order valence-electron chi connectivity index (χ4n) is 2.72. The minimum atomic E-state index is -0.697. The molecule has 17 heavy (non-hydrogen) atoms. The Morgan fingerprint density at radius 3 is 2.29 bits per heavy atom. The lowest BCUT2D eigenvalue weighted by Crippen LogP contribution is -2.47. The van der Waals surface area contributed by atoms with Crippen LogP contribution in [0.3, 0.4) is 0 Å². The minimum Gasteiger partial charge on any atom is -0.389 e. The first-order valence-corrected chi connectivity index (χ1v) is 6.86. The maximum atomic E-state index is 10.4. The molecule has 3 nitrogen and oxygen atoms in total. The van der Waals surface area contributed by atoms with Crippen LogP contribution >= 0.6 is 0 Å². The van der Waals surface area contributed by atoms with Crippen molar-refractivity contribution in [2.24, 2.45) is 0 Å². The van der Waals surface area contributed by atoms with Crippen molar-refractivity contribution < 1.29 is 9.84 Å². The summed E-state index contributed by atoms with van der Waals surface area (Å²) in [6.45, 7) is 6.58. The number of hydrogen-bond acceptors (Lipinski definition) is 3. The third kappa shape index (κ3) is 5.84. The van der Waals surface area contributed by atoms with Crippen LogP contribution in [-0.4, -0.2) is 36.0 Å². The van der Waals surface area contributed by atoms with Gasteiger partial charge in [-0.1, -0.05) is 19.3 Å². The van der Waals surface area contributed by atoms with Crippen LogP contribution in [0, 0.1) is 0 Å². The molecule has 0 saturated heterocycles. The molecule has 0 aromatic rings. The Balaban J connectivity index is 2.32. The summed E-state index contributed by atoms with van der Waals surface area (Å²) >= 11 is 0. The second kappa shape index (κ2) is 6.17. The van der Waals surface area contributed by atoms with Crippen LogP contribution in [0.15, 0.2) is 0 Å². The molecular weight excluding hydrogens is 214 g/mol. The van der Waals surface area contributed by atoms with Gasteiger partial charge >= 0.3 is 0 Å². The lowest BCUT2D eigenvalue weighted by atomic mass is 9.89. The van der Waals surface area contributed by atoms with E-state index in [0.717, 1.165) is 0 Å². The topological polar surface area (TPSA) is 41.5 Å². The summed E-state index contributed by atoms with van der Waals surface area (Å²) in [5, 5.41) is 13.9. The number of nitrogens with one attached hydrogen (secondary N) is 1. The lowest BCUT2D eigenvalue weighted by molar-refractivity contribution is -0.0587. The van der Waals surface area contributed by atoms with Crippen LogP contribution in [0.2, 0.25) is 0 Å². The van der Waals surface area contributed by atoms with E-state index in [-0.39, 0.29) is 5.60 Å².